The molecule has 0 heterocycles. The predicted molar refractivity (Wildman–Crippen MR) is 90.5 cm³/mol. The first kappa shape index (κ1) is 17.2. The third-order valence-electron chi connectivity index (χ3n) is 3.29. The Morgan fingerprint density at radius 2 is 1.96 bits per heavy atom. The molecule has 0 aliphatic rings. The van der Waals surface area contributed by atoms with E-state index >= 15 is 0 Å². The number of nitrogens with zero attached hydrogens (tertiary/aromatic N) is 1. The topological polar surface area (TPSA) is 88.0 Å². The Kier molecular flexibility index (Phi) is 5.68. The number of benzene rings is 2. The van der Waals surface area contributed by atoms with E-state index in [9.17, 15) is 9.59 Å². The van der Waals surface area contributed by atoms with Gasteiger partial charge in [0, 0.05) is 5.56 Å². The highest BCUT2D eigenvalue weighted by atomic mass is 16.5. The Balaban J connectivity index is 1.92. The van der Waals surface area contributed by atoms with Crippen molar-refractivity contribution in [3.63, 3.8) is 0 Å². The zero-order valence-electron chi connectivity index (χ0n) is 13.4. The smallest absolute Gasteiger partial charge is 0.336 e. The molecule has 6 heteroatoms. The predicted octanol–water partition coefficient (Wildman–Crippen LogP) is 2.53. The number of aromatic carboxylic acids is 1. The molecule has 1 amide bonds. The van der Waals surface area contributed by atoms with Crippen LogP contribution >= 0.6 is 0 Å². The molecule has 2 aromatic carbocycles. The van der Waals surface area contributed by atoms with Crippen LogP contribution in [0.15, 0.2) is 47.6 Å². The van der Waals surface area contributed by atoms with Crippen molar-refractivity contribution in [2.24, 2.45) is 5.10 Å². The van der Waals surface area contributed by atoms with Crippen LogP contribution in [0.5, 0.6) is 5.75 Å². The van der Waals surface area contributed by atoms with E-state index in [4.69, 9.17) is 9.84 Å². The van der Waals surface area contributed by atoms with Crippen molar-refractivity contribution in [3.05, 3.63) is 64.7 Å². The van der Waals surface area contributed by atoms with Crippen molar-refractivity contribution < 1.29 is 19.4 Å². The molecule has 0 fully saturated rings. The fourth-order valence-corrected chi connectivity index (χ4v) is 2.02. The normalized spacial score (nSPS) is 10.6. The Labute approximate surface area is 139 Å². The molecule has 0 bridgehead atoms. The summed E-state index contributed by atoms with van der Waals surface area (Å²) in [4.78, 5) is 22.8. The van der Waals surface area contributed by atoms with E-state index in [2.05, 4.69) is 10.5 Å². The summed E-state index contributed by atoms with van der Waals surface area (Å²) in [6.45, 7) is 3.66. The Bertz CT molecular complexity index is 784. The third kappa shape index (κ3) is 4.67. The molecular formula is C18H18N2O4. The number of carboxylic acids is 1. The summed E-state index contributed by atoms with van der Waals surface area (Å²) in [6, 6.07) is 12.1. The Morgan fingerprint density at radius 3 is 2.71 bits per heavy atom. The number of nitrogens with one attached hydrogen (secondary N) is 1. The van der Waals surface area contributed by atoms with Crippen LogP contribution in [-0.4, -0.2) is 29.8 Å². The second kappa shape index (κ2) is 7.92. The van der Waals surface area contributed by atoms with Crippen molar-refractivity contribution >= 4 is 18.1 Å². The fraction of sp³-hybridized carbons (Fsp3) is 0.167. The summed E-state index contributed by atoms with van der Waals surface area (Å²) >= 11 is 0. The van der Waals surface area contributed by atoms with Gasteiger partial charge in [-0.3, -0.25) is 4.79 Å². The first-order chi connectivity index (χ1) is 11.5. The van der Waals surface area contributed by atoms with Crippen molar-refractivity contribution in [1.82, 2.24) is 5.43 Å². The molecule has 2 N–H and O–H groups in total. The van der Waals surface area contributed by atoms with Gasteiger partial charge in [0.25, 0.3) is 5.91 Å². The van der Waals surface area contributed by atoms with Gasteiger partial charge in [-0.15, -0.1) is 0 Å². The number of ether oxygens (including phenoxy) is 1. The molecule has 0 aliphatic heterocycles. The third-order valence-corrected chi connectivity index (χ3v) is 3.29. The maximum Gasteiger partial charge on any atom is 0.336 e. The lowest BCUT2D eigenvalue weighted by molar-refractivity contribution is -0.123. The summed E-state index contributed by atoms with van der Waals surface area (Å²) in [6.07, 6.45) is 1.29. The van der Waals surface area contributed by atoms with Gasteiger partial charge < -0.3 is 9.84 Å². The van der Waals surface area contributed by atoms with Gasteiger partial charge in [0.05, 0.1) is 11.8 Å². The minimum Gasteiger partial charge on any atom is -0.483 e. The molecule has 24 heavy (non-hydrogen) atoms. The van der Waals surface area contributed by atoms with E-state index in [-0.39, 0.29) is 12.2 Å². The lowest BCUT2D eigenvalue weighted by Gasteiger charge is -2.08. The van der Waals surface area contributed by atoms with Crippen LogP contribution in [0.4, 0.5) is 0 Å². The molecule has 6 nitrogen and oxygen atoms in total. The number of amides is 1. The number of carbonyl (C=O) groups excluding carboxylic acids is 1. The highest BCUT2D eigenvalue weighted by molar-refractivity contribution is 5.98. The Morgan fingerprint density at radius 1 is 1.21 bits per heavy atom. The van der Waals surface area contributed by atoms with Crippen molar-refractivity contribution in [1.29, 1.82) is 0 Å². The first-order valence-corrected chi connectivity index (χ1v) is 7.31. The number of carbonyl (C=O) groups is 2. The number of hydrogen-bond acceptors (Lipinski definition) is 4. The van der Waals surface area contributed by atoms with Gasteiger partial charge in [0.15, 0.2) is 6.61 Å². The zero-order valence-corrected chi connectivity index (χ0v) is 13.4. The van der Waals surface area contributed by atoms with Crippen molar-refractivity contribution in [3.8, 4) is 5.75 Å². The summed E-state index contributed by atoms with van der Waals surface area (Å²) in [5.41, 5.74) is 4.81. The number of carboxylic acid groups (broad SMARTS) is 1. The second-order valence-corrected chi connectivity index (χ2v) is 5.24. The van der Waals surface area contributed by atoms with Crippen LogP contribution in [0.2, 0.25) is 0 Å². The Hall–Kier alpha value is -3.15. The van der Waals surface area contributed by atoms with Gasteiger partial charge in [-0.25, -0.2) is 10.2 Å². The van der Waals surface area contributed by atoms with Crippen LogP contribution < -0.4 is 10.2 Å². The van der Waals surface area contributed by atoms with Crippen LogP contribution in [0.3, 0.4) is 0 Å². The van der Waals surface area contributed by atoms with Gasteiger partial charge in [-0.05, 0) is 37.1 Å². The van der Waals surface area contributed by atoms with E-state index in [1.54, 1.807) is 18.2 Å². The molecule has 0 aromatic heterocycles. The van der Waals surface area contributed by atoms with Crippen LogP contribution in [0, 0.1) is 13.8 Å². The summed E-state index contributed by atoms with van der Waals surface area (Å²) in [5.74, 6) is -0.841. The fourth-order valence-electron chi connectivity index (χ4n) is 2.02. The highest BCUT2D eigenvalue weighted by Gasteiger charge is 2.07. The van der Waals surface area contributed by atoms with E-state index < -0.39 is 11.9 Å². The highest BCUT2D eigenvalue weighted by Crippen LogP contribution is 2.18. The molecule has 2 rings (SSSR count). The van der Waals surface area contributed by atoms with Crippen molar-refractivity contribution in [2.45, 2.75) is 13.8 Å². The SMILES string of the molecule is Cc1ccc(C)c(OCC(=O)N/N=C/c2ccccc2C(=O)O)c1. The van der Waals surface area contributed by atoms with Crippen molar-refractivity contribution in [2.75, 3.05) is 6.61 Å². The molecule has 0 radical (unpaired) electrons. The lowest BCUT2D eigenvalue weighted by atomic mass is 10.1. The minimum atomic E-state index is -1.05. The van der Waals surface area contributed by atoms with Gasteiger partial charge >= 0.3 is 5.97 Å². The zero-order chi connectivity index (χ0) is 17.5. The van der Waals surface area contributed by atoms with E-state index in [0.29, 0.717) is 11.3 Å². The summed E-state index contributed by atoms with van der Waals surface area (Å²) in [5, 5.41) is 12.8. The average Bonchev–Trinajstić information content (AvgIpc) is 2.56. The average molecular weight is 326 g/mol. The molecule has 0 saturated carbocycles. The van der Waals surface area contributed by atoms with E-state index in [0.717, 1.165) is 11.1 Å². The monoisotopic (exact) mass is 326 g/mol. The molecule has 0 aliphatic carbocycles. The van der Waals surface area contributed by atoms with Crippen LogP contribution in [-0.2, 0) is 4.79 Å². The number of hydrazone groups is 1. The molecule has 124 valence electrons. The van der Waals surface area contributed by atoms with Gasteiger partial charge in [0.1, 0.15) is 5.75 Å². The van der Waals surface area contributed by atoms with E-state index in [1.165, 1.54) is 12.3 Å². The number of aryl methyl sites for hydroxylation is 2. The maximum atomic E-state index is 11.8. The maximum absolute atomic E-state index is 11.8. The van der Waals surface area contributed by atoms with E-state index in [1.807, 2.05) is 32.0 Å². The van der Waals surface area contributed by atoms with Gasteiger partial charge in [-0.2, -0.15) is 5.10 Å². The van der Waals surface area contributed by atoms with Gasteiger partial charge in [-0.1, -0.05) is 30.3 Å². The number of rotatable bonds is 6. The van der Waals surface area contributed by atoms with Crippen LogP contribution in [0.1, 0.15) is 27.0 Å². The molecule has 0 spiro atoms. The minimum absolute atomic E-state index is 0.113. The second-order valence-electron chi connectivity index (χ2n) is 5.24. The summed E-state index contributed by atoms with van der Waals surface area (Å²) < 4.78 is 5.46. The first-order valence-electron chi connectivity index (χ1n) is 7.31. The van der Waals surface area contributed by atoms with Crippen LogP contribution in [0.25, 0.3) is 0 Å². The lowest BCUT2D eigenvalue weighted by Crippen LogP contribution is -2.24. The molecule has 0 saturated heterocycles. The molecule has 0 unspecified atom stereocenters. The largest absolute Gasteiger partial charge is 0.483 e. The molecular weight excluding hydrogens is 308 g/mol. The number of hydrogen-bond donors (Lipinski definition) is 2. The summed E-state index contributed by atoms with van der Waals surface area (Å²) in [7, 11) is 0. The molecule has 0 atom stereocenters. The van der Waals surface area contributed by atoms with Gasteiger partial charge in [0.2, 0.25) is 0 Å². The standard InChI is InChI=1S/C18H18N2O4/c1-12-7-8-13(2)16(9-12)24-11-17(21)20-19-10-14-5-3-4-6-15(14)18(22)23/h3-10H,11H2,1-2H3,(H,20,21)(H,22,23)/b19-10+. The quantitative estimate of drug-likeness (QED) is 0.631. The molecule has 2 aromatic rings.